The van der Waals surface area contributed by atoms with Crippen LogP contribution in [0.3, 0.4) is 0 Å². The fourth-order valence-corrected chi connectivity index (χ4v) is 1.38. The largest absolute Gasteiger partial charge is 0.504 e. The van der Waals surface area contributed by atoms with E-state index in [1.54, 1.807) is 12.1 Å². The van der Waals surface area contributed by atoms with Crippen LogP contribution in [0.1, 0.15) is 0 Å². The molecule has 0 saturated carbocycles. The molecule has 0 atom stereocenters. The van der Waals surface area contributed by atoms with Crippen molar-refractivity contribution in [2.75, 3.05) is 0 Å². The van der Waals surface area contributed by atoms with Crippen molar-refractivity contribution in [3.8, 4) is 22.6 Å². The van der Waals surface area contributed by atoms with Crippen LogP contribution in [0.4, 0.5) is 0 Å². The summed E-state index contributed by atoms with van der Waals surface area (Å²) < 4.78 is 8.88. The van der Waals surface area contributed by atoms with E-state index in [1.165, 1.54) is 6.07 Å². The summed E-state index contributed by atoms with van der Waals surface area (Å²) >= 11 is 0. The topological polar surface area (TPSA) is 118 Å². The lowest BCUT2D eigenvalue weighted by molar-refractivity contribution is 0.275. The normalized spacial score (nSPS) is 10.5. The third kappa shape index (κ3) is 5.54. The molecule has 0 bridgehead atoms. The molecule has 0 spiro atoms. The SMILES string of the molecule is O=P(O)(O)O.Oc1cccc(-c2ccccc2)c1O. The van der Waals surface area contributed by atoms with E-state index in [1.807, 2.05) is 30.3 Å². The second-order valence-electron chi connectivity index (χ2n) is 3.55. The Kier molecular flexibility index (Phi) is 5.09. The van der Waals surface area contributed by atoms with E-state index in [0.717, 1.165) is 5.56 Å². The zero-order valence-corrected chi connectivity index (χ0v) is 10.6. The van der Waals surface area contributed by atoms with Gasteiger partial charge in [0, 0.05) is 5.56 Å². The molecule has 0 aromatic heterocycles. The van der Waals surface area contributed by atoms with Gasteiger partial charge in [-0.15, -0.1) is 0 Å². The van der Waals surface area contributed by atoms with Crippen molar-refractivity contribution >= 4 is 7.82 Å². The van der Waals surface area contributed by atoms with Crippen molar-refractivity contribution in [1.29, 1.82) is 0 Å². The molecule has 6 nitrogen and oxygen atoms in total. The van der Waals surface area contributed by atoms with Gasteiger partial charge in [0.05, 0.1) is 0 Å². The second kappa shape index (κ2) is 6.36. The van der Waals surface area contributed by atoms with Gasteiger partial charge >= 0.3 is 7.82 Å². The molecule has 102 valence electrons. The van der Waals surface area contributed by atoms with Gasteiger partial charge in [-0.3, -0.25) is 0 Å². The minimum atomic E-state index is -4.64. The third-order valence-corrected chi connectivity index (χ3v) is 2.10. The quantitative estimate of drug-likeness (QED) is 0.403. The smallest absolute Gasteiger partial charge is 0.466 e. The molecule has 2 rings (SSSR count). The first kappa shape index (κ1) is 15.2. The average molecular weight is 284 g/mol. The molecule has 7 heteroatoms. The zero-order valence-electron chi connectivity index (χ0n) is 9.71. The van der Waals surface area contributed by atoms with Crippen LogP contribution in [-0.4, -0.2) is 24.9 Å². The van der Waals surface area contributed by atoms with Gasteiger partial charge in [-0.25, -0.2) is 4.57 Å². The van der Waals surface area contributed by atoms with Crippen molar-refractivity contribution < 1.29 is 29.5 Å². The van der Waals surface area contributed by atoms with Crippen LogP contribution in [0.15, 0.2) is 48.5 Å². The van der Waals surface area contributed by atoms with Gasteiger partial charge in [0.2, 0.25) is 0 Å². The summed E-state index contributed by atoms with van der Waals surface area (Å²) in [6, 6.07) is 14.4. The fraction of sp³-hybridized carbons (Fsp3) is 0. The van der Waals surface area contributed by atoms with E-state index in [0.29, 0.717) is 5.56 Å². The maximum absolute atomic E-state index is 9.60. The summed E-state index contributed by atoms with van der Waals surface area (Å²) in [7, 11) is -4.64. The summed E-state index contributed by atoms with van der Waals surface area (Å²) in [4.78, 5) is 21.6. The second-order valence-corrected chi connectivity index (χ2v) is 4.58. The predicted molar refractivity (Wildman–Crippen MR) is 69.5 cm³/mol. The molecule has 0 saturated heterocycles. The standard InChI is InChI=1S/C12H10O2.H3O4P/c13-11-8-4-7-10(12(11)14)9-5-2-1-3-6-9;1-5(2,3)4/h1-8,13-14H;(H3,1,2,3,4). The van der Waals surface area contributed by atoms with Crippen LogP contribution < -0.4 is 0 Å². The molecule has 19 heavy (non-hydrogen) atoms. The summed E-state index contributed by atoms with van der Waals surface area (Å²) in [5.74, 6) is -0.162. The van der Waals surface area contributed by atoms with Gasteiger partial charge in [0.15, 0.2) is 11.5 Å². The van der Waals surface area contributed by atoms with Crippen LogP contribution in [0, 0.1) is 0 Å². The van der Waals surface area contributed by atoms with E-state index in [-0.39, 0.29) is 11.5 Å². The number of aromatic hydroxyl groups is 2. The van der Waals surface area contributed by atoms with Crippen LogP contribution in [-0.2, 0) is 4.57 Å². The summed E-state index contributed by atoms with van der Waals surface area (Å²) in [5.41, 5.74) is 1.53. The lowest BCUT2D eigenvalue weighted by Crippen LogP contribution is -1.78. The highest BCUT2D eigenvalue weighted by Crippen LogP contribution is 2.35. The number of phosphoric acid groups is 1. The highest BCUT2D eigenvalue weighted by molar-refractivity contribution is 7.45. The number of rotatable bonds is 1. The minimum absolute atomic E-state index is 0.0706. The Hall–Kier alpha value is -1.85. The maximum Gasteiger partial charge on any atom is 0.466 e. The van der Waals surface area contributed by atoms with Gasteiger partial charge in [0.1, 0.15) is 0 Å². The van der Waals surface area contributed by atoms with Crippen molar-refractivity contribution in [2.24, 2.45) is 0 Å². The molecule has 0 radical (unpaired) electrons. The monoisotopic (exact) mass is 284 g/mol. The van der Waals surface area contributed by atoms with Crippen molar-refractivity contribution in [2.45, 2.75) is 0 Å². The Balaban J connectivity index is 0.000000312. The number of para-hydroxylation sites is 1. The number of hydrogen-bond acceptors (Lipinski definition) is 3. The molecule has 0 fully saturated rings. The van der Waals surface area contributed by atoms with Crippen LogP contribution in [0.5, 0.6) is 11.5 Å². The van der Waals surface area contributed by atoms with Gasteiger partial charge in [-0.05, 0) is 11.6 Å². The number of phenolic OH excluding ortho intramolecular Hbond substituents is 2. The molecular weight excluding hydrogens is 271 g/mol. The van der Waals surface area contributed by atoms with Crippen LogP contribution in [0.25, 0.3) is 11.1 Å². The number of hydrogen-bond donors (Lipinski definition) is 5. The minimum Gasteiger partial charge on any atom is -0.504 e. The summed E-state index contributed by atoms with van der Waals surface area (Å²) in [6.45, 7) is 0. The number of phenols is 2. The Morgan fingerprint density at radius 1 is 0.789 bits per heavy atom. The Morgan fingerprint density at radius 2 is 1.32 bits per heavy atom. The lowest BCUT2D eigenvalue weighted by atomic mass is 10.0. The molecule has 0 aliphatic carbocycles. The molecule has 0 amide bonds. The van der Waals surface area contributed by atoms with Crippen molar-refractivity contribution in [3.63, 3.8) is 0 Å². The Morgan fingerprint density at radius 3 is 1.84 bits per heavy atom. The molecule has 0 aliphatic rings. The average Bonchev–Trinajstić information content (AvgIpc) is 2.32. The predicted octanol–water partition coefficient (Wildman–Crippen LogP) is 1.84. The van der Waals surface area contributed by atoms with Gasteiger partial charge in [0.25, 0.3) is 0 Å². The Bertz CT molecular complexity index is 570. The molecule has 0 heterocycles. The van der Waals surface area contributed by atoms with E-state index >= 15 is 0 Å². The highest BCUT2D eigenvalue weighted by Gasteiger charge is 2.06. The third-order valence-electron chi connectivity index (χ3n) is 2.10. The maximum atomic E-state index is 9.60. The van der Waals surface area contributed by atoms with E-state index in [4.69, 9.17) is 19.2 Å². The fourth-order valence-electron chi connectivity index (χ4n) is 1.38. The van der Waals surface area contributed by atoms with Gasteiger partial charge < -0.3 is 24.9 Å². The van der Waals surface area contributed by atoms with Crippen molar-refractivity contribution in [3.05, 3.63) is 48.5 Å². The van der Waals surface area contributed by atoms with E-state index < -0.39 is 7.82 Å². The molecule has 2 aromatic carbocycles. The van der Waals surface area contributed by atoms with Crippen molar-refractivity contribution in [1.82, 2.24) is 0 Å². The van der Waals surface area contributed by atoms with Crippen LogP contribution >= 0.6 is 7.82 Å². The first-order valence-electron chi connectivity index (χ1n) is 5.13. The molecule has 2 aromatic rings. The Labute approximate surface area is 109 Å². The van der Waals surface area contributed by atoms with Gasteiger partial charge in [-0.1, -0.05) is 42.5 Å². The molecule has 0 unspecified atom stereocenters. The highest BCUT2D eigenvalue weighted by atomic mass is 31.2. The molecular formula is C12H13O6P. The zero-order chi connectivity index (χ0) is 14.5. The molecule has 5 N–H and O–H groups in total. The first-order valence-corrected chi connectivity index (χ1v) is 6.70. The summed E-state index contributed by atoms with van der Waals surface area (Å²) in [6.07, 6.45) is 0. The first-order chi connectivity index (χ1) is 8.79. The van der Waals surface area contributed by atoms with Crippen LogP contribution in [0.2, 0.25) is 0 Å². The lowest BCUT2D eigenvalue weighted by Gasteiger charge is -2.05. The summed E-state index contributed by atoms with van der Waals surface area (Å²) in [5, 5.41) is 18.9. The number of benzene rings is 2. The van der Waals surface area contributed by atoms with E-state index in [2.05, 4.69) is 0 Å². The van der Waals surface area contributed by atoms with Gasteiger partial charge in [-0.2, -0.15) is 0 Å². The molecule has 0 aliphatic heterocycles. The van der Waals surface area contributed by atoms with E-state index in [9.17, 15) is 10.2 Å².